The highest BCUT2D eigenvalue weighted by Crippen LogP contribution is 2.27. The van der Waals surface area contributed by atoms with Crippen LogP contribution in [0, 0.1) is 6.92 Å². The van der Waals surface area contributed by atoms with Crippen LogP contribution in [0.1, 0.15) is 5.69 Å². The number of hydrogen-bond donors (Lipinski definition) is 0. The van der Waals surface area contributed by atoms with Gasteiger partial charge >= 0.3 is 0 Å². The van der Waals surface area contributed by atoms with Crippen LogP contribution in [-0.4, -0.2) is 79.3 Å². The highest BCUT2D eigenvalue weighted by molar-refractivity contribution is 5.91. The number of rotatable bonds is 3. The lowest BCUT2D eigenvalue weighted by atomic mass is 10.1. The molecule has 2 fully saturated rings. The van der Waals surface area contributed by atoms with Crippen LogP contribution >= 0.6 is 0 Å². The van der Waals surface area contributed by atoms with Crippen molar-refractivity contribution in [1.29, 1.82) is 0 Å². The van der Waals surface area contributed by atoms with Gasteiger partial charge in [-0.05, 0) is 26.1 Å². The minimum atomic E-state index is 0.864. The first-order valence-corrected chi connectivity index (χ1v) is 10.8. The Morgan fingerprint density at radius 1 is 0.767 bits per heavy atom. The van der Waals surface area contributed by atoms with Gasteiger partial charge < -0.3 is 19.6 Å². The lowest BCUT2D eigenvalue weighted by molar-refractivity contribution is 0.312. The molecule has 0 aliphatic carbocycles. The zero-order chi connectivity index (χ0) is 20.5. The van der Waals surface area contributed by atoms with Gasteiger partial charge in [-0.15, -0.1) is 0 Å². The monoisotopic (exact) mass is 403 g/mol. The highest BCUT2D eigenvalue weighted by atomic mass is 15.3. The molecule has 4 heterocycles. The van der Waals surface area contributed by atoms with E-state index in [1.165, 1.54) is 11.1 Å². The molecular formula is C23H29N7. The van der Waals surface area contributed by atoms with Crippen molar-refractivity contribution in [3.63, 3.8) is 0 Å². The molecule has 5 rings (SSSR count). The molecule has 0 spiro atoms. The summed E-state index contributed by atoms with van der Waals surface area (Å²) in [6, 6.07) is 12.6. The van der Waals surface area contributed by atoms with Crippen LogP contribution in [0.4, 0.5) is 17.5 Å². The largest absolute Gasteiger partial charge is 0.367 e. The molecule has 0 radical (unpaired) electrons. The Hall–Kier alpha value is -2.93. The summed E-state index contributed by atoms with van der Waals surface area (Å²) in [6.07, 6.45) is 1.91. The molecule has 0 saturated carbocycles. The summed E-state index contributed by atoms with van der Waals surface area (Å²) in [7, 11) is 2.18. The minimum Gasteiger partial charge on any atom is -0.367 e. The highest BCUT2D eigenvalue weighted by Gasteiger charge is 2.23. The standard InChI is InChI=1S/C23H29N7/c1-18-17-22(29-11-9-27(2)10-12-29)26-23(25-18)30-15-13-28(14-16-30)21-7-8-24-20-6-4-3-5-19(20)21/h3-8,17H,9-16H2,1-2H3. The summed E-state index contributed by atoms with van der Waals surface area (Å²) in [5.74, 6) is 1.93. The number of piperazine rings is 2. The number of nitrogens with zero attached hydrogens (tertiary/aromatic N) is 7. The van der Waals surface area contributed by atoms with E-state index in [2.05, 4.69) is 68.9 Å². The Morgan fingerprint density at radius 2 is 1.47 bits per heavy atom. The fraction of sp³-hybridized carbons (Fsp3) is 0.435. The average molecular weight is 404 g/mol. The molecule has 2 saturated heterocycles. The number of aromatic nitrogens is 3. The first kappa shape index (κ1) is 19.1. The predicted octanol–water partition coefficient (Wildman–Crippen LogP) is 2.41. The van der Waals surface area contributed by atoms with E-state index in [1.807, 2.05) is 12.3 Å². The number of likely N-dealkylation sites (N-methyl/N-ethyl adjacent to an activating group) is 1. The van der Waals surface area contributed by atoms with E-state index in [9.17, 15) is 0 Å². The van der Waals surface area contributed by atoms with Crippen LogP contribution in [0.3, 0.4) is 0 Å². The van der Waals surface area contributed by atoms with Gasteiger partial charge in [0, 0.05) is 81.4 Å². The molecule has 2 aliphatic rings. The van der Waals surface area contributed by atoms with Crippen molar-refractivity contribution in [2.75, 3.05) is 74.1 Å². The summed E-state index contributed by atoms with van der Waals surface area (Å²) >= 11 is 0. The van der Waals surface area contributed by atoms with E-state index in [1.54, 1.807) is 0 Å². The second-order valence-corrected chi connectivity index (χ2v) is 8.28. The van der Waals surface area contributed by atoms with E-state index >= 15 is 0 Å². The molecule has 7 heteroatoms. The van der Waals surface area contributed by atoms with Crippen molar-refractivity contribution >= 4 is 28.4 Å². The zero-order valence-electron chi connectivity index (χ0n) is 17.8. The van der Waals surface area contributed by atoms with Crippen molar-refractivity contribution in [2.45, 2.75) is 6.92 Å². The van der Waals surface area contributed by atoms with E-state index in [0.717, 1.165) is 75.3 Å². The molecule has 156 valence electrons. The van der Waals surface area contributed by atoms with Crippen LogP contribution < -0.4 is 14.7 Å². The molecule has 3 aromatic rings. The smallest absolute Gasteiger partial charge is 0.227 e. The van der Waals surface area contributed by atoms with Gasteiger partial charge in [0.1, 0.15) is 5.82 Å². The normalized spacial score (nSPS) is 18.3. The van der Waals surface area contributed by atoms with Crippen molar-refractivity contribution in [2.24, 2.45) is 0 Å². The minimum absolute atomic E-state index is 0.864. The fourth-order valence-electron chi connectivity index (χ4n) is 4.38. The molecule has 0 atom stereocenters. The van der Waals surface area contributed by atoms with Gasteiger partial charge in [0.25, 0.3) is 0 Å². The number of para-hydroxylation sites is 1. The molecule has 0 bridgehead atoms. The maximum absolute atomic E-state index is 4.95. The van der Waals surface area contributed by atoms with E-state index in [0.29, 0.717) is 0 Å². The quantitative estimate of drug-likeness (QED) is 0.666. The summed E-state index contributed by atoms with van der Waals surface area (Å²) in [6.45, 7) is 10.0. The van der Waals surface area contributed by atoms with Gasteiger partial charge in [-0.2, -0.15) is 4.98 Å². The number of aryl methyl sites for hydroxylation is 1. The molecule has 7 nitrogen and oxygen atoms in total. The molecular weight excluding hydrogens is 374 g/mol. The number of benzene rings is 1. The SMILES string of the molecule is Cc1cc(N2CCN(C)CC2)nc(N2CCN(c3ccnc4ccccc34)CC2)n1. The maximum Gasteiger partial charge on any atom is 0.227 e. The second kappa shape index (κ2) is 8.07. The van der Waals surface area contributed by atoms with Crippen LogP contribution in [0.5, 0.6) is 0 Å². The Labute approximate surface area is 178 Å². The van der Waals surface area contributed by atoms with Gasteiger partial charge in [-0.25, -0.2) is 4.98 Å². The summed E-state index contributed by atoms with van der Waals surface area (Å²) < 4.78 is 0. The van der Waals surface area contributed by atoms with E-state index in [4.69, 9.17) is 9.97 Å². The summed E-state index contributed by atoms with van der Waals surface area (Å²) in [4.78, 5) is 23.8. The molecule has 0 N–H and O–H groups in total. The first-order valence-electron chi connectivity index (χ1n) is 10.8. The van der Waals surface area contributed by atoms with Gasteiger partial charge in [-0.3, -0.25) is 4.98 Å². The van der Waals surface area contributed by atoms with Gasteiger partial charge in [0.2, 0.25) is 5.95 Å². The maximum atomic E-state index is 4.95. The molecule has 0 unspecified atom stereocenters. The van der Waals surface area contributed by atoms with Crippen LogP contribution in [-0.2, 0) is 0 Å². The third-order valence-corrected chi connectivity index (χ3v) is 6.19. The third kappa shape index (κ3) is 3.77. The first-order chi connectivity index (χ1) is 14.7. The molecule has 1 aromatic carbocycles. The summed E-state index contributed by atoms with van der Waals surface area (Å²) in [5.41, 5.74) is 3.36. The molecule has 2 aliphatic heterocycles. The predicted molar refractivity (Wildman–Crippen MR) is 123 cm³/mol. The second-order valence-electron chi connectivity index (χ2n) is 8.28. The number of hydrogen-bond acceptors (Lipinski definition) is 7. The van der Waals surface area contributed by atoms with Crippen LogP contribution in [0.25, 0.3) is 10.9 Å². The van der Waals surface area contributed by atoms with E-state index in [-0.39, 0.29) is 0 Å². The van der Waals surface area contributed by atoms with Crippen LogP contribution in [0.15, 0.2) is 42.6 Å². The van der Waals surface area contributed by atoms with Crippen molar-refractivity contribution in [3.05, 3.63) is 48.3 Å². The molecule has 0 amide bonds. The topological polar surface area (TPSA) is 51.6 Å². The van der Waals surface area contributed by atoms with Crippen molar-refractivity contribution in [1.82, 2.24) is 19.9 Å². The zero-order valence-corrected chi connectivity index (χ0v) is 17.8. The Bertz CT molecular complexity index is 1020. The number of anilines is 3. The van der Waals surface area contributed by atoms with Crippen LogP contribution in [0.2, 0.25) is 0 Å². The Balaban J connectivity index is 1.32. The Kier molecular flexibility index (Phi) is 5.12. The van der Waals surface area contributed by atoms with E-state index < -0.39 is 0 Å². The number of pyridine rings is 1. The van der Waals surface area contributed by atoms with Crippen molar-refractivity contribution < 1.29 is 0 Å². The van der Waals surface area contributed by atoms with Gasteiger partial charge in [-0.1, -0.05) is 18.2 Å². The van der Waals surface area contributed by atoms with Gasteiger partial charge in [0.05, 0.1) is 5.52 Å². The van der Waals surface area contributed by atoms with Gasteiger partial charge in [0.15, 0.2) is 0 Å². The fourth-order valence-corrected chi connectivity index (χ4v) is 4.38. The average Bonchev–Trinajstić information content (AvgIpc) is 2.79. The lowest BCUT2D eigenvalue weighted by Crippen LogP contribution is -2.48. The van der Waals surface area contributed by atoms with Crippen molar-refractivity contribution in [3.8, 4) is 0 Å². The lowest BCUT2D eigenvalue weighted by Gasteiger charge is -2.37. The number of fused-ring (bicyclic) bond motifs is 1. The Morgan fingerprint density at radius 3 is 2.27 bits per heavy atom. The summed E-state index contributed by atoms with van der Waals surface area (Å²) in [5, 5.41) is 1.22. The molecule has 2 aromatic heterocycles. The molecule has 30 heavy (non-hydrogen) atoms. The third-order valence-electron chi connectivity index (χ3n) is 6.19.